The molecule has 124 valence electrons. The Bertz CT molecular complexity index is 719. The molecule has 5 heteroatoms. The summed E-state index contributed by atoms with van der Waals surface area (Å²) in [7, 11) is 0. The zero-order valence-electron chi connectivity index (χ0n) is 13.6. The van der Waals surface area contributed by atoms with Gasteiger partial charge in [0.1, 0.15) is 11.6 Å². The molecular formula is C19H19FN2O2. The predicted molar refractivity (Wildman–Crippen MR) is 88.8 cm³/mol. The van der Waals surface area contributed by atoms with Gasteiger partial charge in [-0.1, -0.05) is 26.0 Å². The van der Waals surface area contributed by atoms with Crippen LogP contribution in [0, 0.1) is 23.1 Å². The standard InChI is InChI=1S/C19H19FN2O2/c1-13(2)19(15-5-7-16(20)8-6-15)22-18(23)12-24-17-9-3-14(11-21)4-10-17/h3-10,13,19H,12H2,1-2H3,(H,22,23). The van der Waals surface area contributed by atoms with Crippen LogP contribution in [0.5, 0.6) is 5.75 Å². The van der Waals surface area contributed by atoms with E-state index in [1.165, 1.54) is 12.1 Å². The van der Waals surface area contributed by atoms with Crippen LogP contribution in [0.15, 0.2) is 48.5 Å². The summed E-state index contributed by atoms with van der Waals surface area (Å²) in [5.41, 5.74) is 1.38. The number of benzene rings is 2. The lowest BCUT2D eigenvalue weighted by molar-refractivity contribution is -0.124. The van der Waals surface area contributed by atoms with E-state index in [-0.39, 0.29) is 30.3 Å². The molecule has 0 aliphatic heterocycles. The Morgan fingerprint density at radius 1 is 1.17 bits per heavy atom. The first-order valence-corrected chi connectivity index (χ1v) is 7.67. The van der Waals surface area contributed by atoms with E-state index in [4.69, 9.17) is 10.00 Å². The van der Waals surface area contributed by atoms with Crippen LogP contribution in [-0.4, -0.2) is 12.5 Å². The number of carbonyl (C=O) groups is 1. The maximum Gasteiger partial charge on any atom is 0.258 e. The molecule has 0 heterocycles. The number of carbonyl (C=O) groups excluding carboxylic acids is 1. The molecule has 2 aromatic carbocycles. The average Bonchev–Trinajstić information content (AvgIpc) is 2.59. The summed E-state index contributed by atoms with van der Waals surface area (Å²) in [4.78, 5) is 12.1. The molecule has 0 bridgehead atoms. The Kier molecular flexibility index (Phi) is 5.91. The second-order valence-corrected chi connectivity index (χ2v) is 5.77. The molecule has 0 aliphatic carbocycles. The number of halogens is 1. The molecule has 1 atom stereocenters. The van der Waals surface area contributed by atoms with Crippen molar-refractivity contribution in [3.63, 3.8) is 0 Å². The molecule has 0 saturated carbocycles. The van der Waals surface area contributed by atoms with Gasteiger partial charge in [-0.25, -0.2) is 4.39 Å². The van der Waals surface area contributed by atoms with Crippen molar-refractivity contribution in [3.05, 3.63) is 65.5 Å². The van der Waals surface area contributed by atoms with E-state index in [1.54, 1.807) is 36.4 Å². The van der Waals surface area contributed by atoms with Crippen molar-refractivity contribution in [1.82, 2.24) is 5.32 Å². The second-order valence-electron chi connectivity index (χ2n) is 5.77. The van der Waals surface area contributed by atoms with Gasteiger partial charge in [0.2, 0.25) is 0 Å². The minimum atomic E-state index is -0.309. The van der Waals surface area contributed by atoms with Gasteiger partial charge in [-0.2, -0.15) is 5.26 Å². The third-order valence-electron chi connectivity index (χ3n) is 3.57. The maximum absolute atomic E-state index is 13.0. The van der Waals surface area contributed by atoms with Crippen molar-refractivity contribution in [2.24, 2.45) is 5.92 Å². The molecule has 0 aliphatic rings. The highest BCUT2D eigenvalue weighted by Gasteiger charge is 2.18. The molecule has 1 amide bonds. The fourth-order valence-corrected chi connectivity index (χ4v) is 2.29. The third kappa shape index (κ3) is 4.82. The monoisotopic (exact) mass is 326 g/mol. The number of nitrogens with zero attached hydrogens (tertiary/aromatic N) is 1. The highest BCUT2D eigenvalue weighted by molar-refractivity contribution is 5.78. The van der Waals surface area contributed by atoms with E-state index in [1.807, 2.05) is 19.9 Å². The van der Waals surface area contributed by atoms with Crippen LogP contribution in [0.2, 0.25) is 0 Å². The molecule has 0 fully saturated rings. The molecule has 0 spiro atoms. The lowest BCUT2D eigenvalue weighted by atomic mass is 9.96. The second kappa shape index (κ2) is 8.11. The van der Waals surface area contributed by atoms with Gasteiger partial charge in [-0.05, 0) is 47.9 Å². The summed E-state index contributed by atoms with van der Waals surface area (Å²) in [6.07, 6.45) is 0. The molecular weight excluding hydrogens is 307 g/mol. The van der Waals surface area contributed by atoms with Gasteiger partial charge in [0, 0.05) is 0 Å². The van der Waals surface area contributed by atoms with Crippen molar-refractivity contribution in [1.29, 1.82) is 5.26 Å². The Hall–Kier alpha value is -2.87. The molecule has 1 N–H and O–H groups in total. The van der Waals surface area contributed by atoms with Crippen molar-refractivity contribution in [2.75, 3.05) is 6.61 Å². The Morgan fingerprint density at radius 2 is 1.79 bits per heavy atom. The summed E-state index contributed by atoms with van der Waals surface area (Å²) in [5.74, 6) is 0.0977. The van der Waals surface area contributed by atoms with Gasteiger partial charge in [0.15, 0.2) is 6.61 Å². The lowest BCUT2D eigenvalue weighted by Gasteiger charge is -2.23. The Labute approximate surface area is 140 Å². The highest BCUT2D eigenvalue weighted by atomic mass is 19.1. The zero-order chi connectivity index (χ0) is 17.5. The minimum absolute atomic E-state index is 0.129. The maximum atomic E-state index is 13.0. The third-order valence-corrected chi connectivity index (χ3v) is 3.57. The van der Waals surface area contributed by atoms with E-state index >= 15 is 0 Å². The summed E-state index contributed by atoms with van der Waals surface area (Å²) >= 11 is 0. The number of rotatable bonds is 6. The van der Waals surface area contributed by atoms with Crippen LogP contribution in [0.25, 0.3) is 0 Å². The number of amides is 1. The molecule has 0 aromatic heterocycles. The number of nitrogens with one attached hydrogen (secondary N) is 1. The largest absolute Gasteiger partial charge is 0.484 e. The van der Waals surface area contributed by atoms with Crippen molar-refractivity contribution in [2.45, 2.75) is 19.9 Å². The van der Waals surface area contributed by atoms with Crippen LogP contribution in [0.3, 0.4) is 0 Å². The first-order valence-electron chi connectivity index (χ1n) is 7.67. The predicted octanol–water partition coefficient (Wildman–Crippen LogP) is 3.59. The van der Waals surface area contributed by atoms with Gasteiger partial charge in [0.05, 0.1) is 17.7 Å². The van der Waals surface area contributed by atoms with E-state index in [2.05, 4.69) is 5.32 Å². The normalized spacial score (nSPS) is 11.6. The van der Waals surface area contributed by atoms with Crippen LogP contribution in [0.1, 0.15) is 31.0 Å². The van der Waals surface area contributed by atoms with Crippen molar-refractivity contribution >= 4 is 5.91 Å². The van der Waals surface area contributed by atoms with Crippen LogP contribution < -0.4 is 10.1 Å². The van der Waals surface area contributed by atoms with Crippen LogP contribution in [-0.2, 0) is 4.79 Å². The van der Waals surface area contributed by atoms with E-state index in [0.717, 1.165) is 5.56 Å². The van der Waals surface area contributed by atoms with E-state index < -0.39 is 0 Å². The minimum Gasteiger partial charge on any atom is -0.484 e. The molecule has 1 unspecified atom stereocenters. The van der Waals surface area contributed by atoms with Gasteiger partial charge in [0.25, 0.3) is 5.91 Å². The molecule has 2 rings (SSSR count). The Balaban J connectivity index is 1.95. The van der Waals surface area contributed by atoms with Crippen molar-refractivity contribution in [3.8, 4) is 11.8 Å². The first kappa shape index (κ1) is 17.5. The summed E-state index contributed by atoms with van der Waals surface area (Å²) in [6, 6.07) is 14.4. The fraction of sp³-hybridized carbons (Fsp3) is 0.263. The smallest absolute Gasteiger partial charge is 0.258 e. The Morgan fingerprint density at radius 3 is 2.33 bits per heavy atom. The molecule has 4 nitrogen and oxygen atoms in total. The zero-order valence-corrected chi connectivity index (χ0v) is 13.6. The van der Waals surface area contributed by atoms with E-state index in [9.17, 15) is 9.18 Å². The van der Waals surface area contributed by atoms with Gasteiger partial charge in [-0.15, -0.1) is 0 Å². The lowest BCUT2D eigenvalue weighted by Crippen LogP contribution is -2.35. The number of hydrogen-bond donors (Lipinski definition) is 1. The quantitative estimate of drug-likeness (QED) is 0.882. The number of hydrogen-bond acceptors (Lipinski definition) is 3. The van der Waals surface area contributed by atoms with Crippen LogP contribution in [0.4, 0.5) is 4.39 Å². The topological polar surface area (TPSA) is 62.1 Å². The van der Waals surface area contributed by atoms with E-state index in [0.29, 0.717) is 11.3 Å². The molecule has 0 radical (unpaired) electrons. The van der Waals surface area contributed by atoms with Gasteiger partial charge in [-0.3, -0.25) is 4.79 Å². The number of nitriles is 1. The fourth-order valence-electron chi connectivity index (χ4n) is 2.29. The highest BCUT2D eigenvalue weighted by Crippen LogP contribution is 2.22. The molecule has 24 heavy (non-hydrogen) atoms. The summed E-state index contributed by atoms with van der Waals surface area (Å²) in [5, 5.41) is 11.7. The molecule has 2 aromatic rings. The first-order chi connectivity index (χ1) is 11.5. The van der Waals surface area contributed by atoms with Crippen molar-refractivity contribution < 1.29 is 13.9 Å². The SMILES string of the molecule is CC(C)C(NC(=O)COc1ccc(C#N)cc1)c1ccc(F)cc1. The van der Waals surface area contributed by atoms with Gasteiger partial charge >= 0.3 is 0 Å². The summed E-state index contributed by atoms with van der Waals surface area (Å²) < 4.78 is 18.5. The molecule has 0 saturated heterocycles. The van der Waals surface area contributed by atoms with Gasteiger partial charge < -0.3 is 10.1 Å². The van der Waals surface area contributed by atoms with Crippen LogP contribution >= 0.6 is 0 Å². The summed E-state index contributed by atoms with van der Waals surface area (Å²) in [6.45, 7) is 3.84. The number of ether oxygens (including phenoxy) is 1. The average molecular weight is 326 g/mol.